The number of hydrogen-bond donors (Lipinski definition) is 0. The Hall–Kier alpha value is -3.24. The maximum atomic E-state index is 13.9. The first-order valence-electron chi connectivity index (χ1n) is 11.9. The molecule has 35 heavy (non-hydrogen) atoms. The number of rotatable bonds is 10. The molecule has 184 valence electrons. The Labute approximate surface area is 213 Å². The molecule has 0 bridgehead atoms. The fourth-order valence-electron chi connectivity index (χ4n) is 4.20. The lowest BCUT2D eigenvalue weighted by molar-refractivity contribution is 0.103. The van der Waals surface area contributed by atoms with Crippen molar-refractivity contribution >= 4 is 23.5 Å². The first-order chi connectivity index (χ1) is 16.8. The second-order valence-electron chi connectivity index (χ2n) is 8.86. The molecule has 0 spiro atoms. The summed E-state index contributed by atoms with van der Waals surface area (Å²) in [5, 5.41) is 0.514. The summed E-state index contributed by atoms with van der Waals surface area (Å²) in [6, 6.07) is 15.2. The molecule has 0 fully saturated rings. The van der Waals surface area contributed by atoms with E-state index in [1.165, 1.54) is 0 Å². The third kappa shape index (κ3) is 6.07. The topological polar surface area (TPSA) is 40.5 Å². The van der Waals surface area contributed by atoms with Gasteiger partial charge in [-0.15, -0.1) is 0 Å². The number of halogens is 1. The van der Waals surface area contributed by atoms with E-state index in [9.17, 15) is 4.79 Å². The van der Waals surface area contributed by atoms with E-state index in [0.29, 0.717) is 27.8 Å². The van der Waals surface area contributed by atoms with Gasteiger partial charge in [-0.05, 0) is 80.3 Å². The minimum atomic E-state index is -0.0958. The summed E-state index contributed by atoms with van der Waals surface area (Å²) in [6.07, 6.45) is 7.75. The summed E-state index contributed by atoms with van der Waals surface area (Å²) < 4.78 is 13.1. The van der Waals surface area contributed by atoms with E-state index in [1.54, 1.807) is 20.3 Å². The van der Waals surface area contributed by atoms with E-state index in [1.807, 2.05) is 55.5 Å². The fourth-order valence-corrected chi connectivity index (χ4v) is 4.37. The summed E-state index contributed by atoms with van der Waals surface area (Å²) in [5.41, 5.74) is 4.81. The van der Waals surface area contributed by atoms with Crippen LogP contribution in [0.3, 0.4) is 0 Å². The predicted octanol–water partition coefficient (Wildman–Crippen LogP) is 7.83. The molecule has 1 heterocycles. The van der Waals surface area contributed by atoms with Crippen molar-refractivity contribution in [2.45, 2.75) is 40.5 Å². The van der Waals surface area contributed by atoms with E-state index in [4.69, 9.17) is 21.1 Å². The average molecular weight is 492 g/mol. The Kier molecular flexibility index (Phi) is 9.00. The van der Waals surface area contributed by atoms with E-state index in [0.717, 1.165) is 41.2 Å². The van der Waals surface area contributed by atoms with Crippen molar-refractivity contribution in [3.63, 3.8) is 0 Å². The first kappa shape index (κ1) is 26.4. The van der Waals surface area contributed by atoms with Crippen molar-refractivity contribution in [3.05, 3.63) is 99.5 Å². The van der Waals surface area contributed by atoms with Crippen LogP contribution >= 0.6 is 11.6 Å². The molecule has 0 unspecified atom stereocenters. The molecule has 0 radical (unpaired) electrons. The van der Waals surface area contributed by atoms with Gasteiger partial charge in [-0.3, -0.25) is 4.79 Å². The van der Waals surface area contributed by atoms with Crippen LogP contribution in [-0.4, -0.2) is 24.6 Å². The van der Waals surface area contributed by atoms with Gasteiger partial charge in [0.1, 0.15) is 11.5 Å². The van der Waals surface area contributed by atoms with E-state index >= 15 is 0 Å². The summed E-state index contributed by atoms with van der Waals surface area (Å²) >= 11 is 6.40. The van der Waals surface area contributed by atoms with Crippen LogP contribution in [0, 0.1) is 12.8 Å². The number of ether oxygens (including phenoxy) is 2. The molecule has 1 aromatic heterocycles. The molecular formula is C30H34ClNO3. The molecule has 0 aliphatic carbocycles. The van der Waals surface area contributed by atoms with Crippen molar-refractivity contribution in [1.82, 2.24) is 4.57 Å². The van der Waals surface area contributed by atoms with Crippen molar-refractivity contribution in [2.75, 3.05) is 14.2 Å². The maximum absolute atomic E-state index is 13.9. The molecule has 4 nitrogen and oxygen atoms in total. The van der Waals surface area contributed by atoms with Crippen molar-refractivity contribution in [3.8, 4) is 11.4 Å². The SMILES string of the molecule is CC/C=C(\C=C\c1ccc(CC(C)C)n1-c1ccc(Cl)cc1C(=O)c1cccc(OC)c1C)OC. The molecule has 0 saturated carbocycles. The second kappa shape index (κ2) is 11.9. The zero-order chi connectivity index (χ0) is 25.5. The molecule has 3 rings (SSSR count). The van der Waals surface area contributed by atoms with E-state index < -0.39 is 0 Å². The molecular weight excluding hydrogens is 458 g/mol. The number of methoxy groups -OCH3 is 2. The van der Waals surface area contributed by atoms with Crippen LogP contribution in [0.15, 0.2) is 66.4 Å². The summed E-state index contributed by atoms with van der Waals surface area (Å²) in [6.45, 7) is 8.35. The molecule has 2 aromatic carbocycles. The largest absolute Gasteiger partial charge is 0.497 e. The minimum absolute atomic E-state index is 0.0958. The van der Waals surface area contributed by atoms with Gasteiger partial charge in [-0.1, -0.05) is 44.5 Å². The predicted molar refractivity (Wildman–Crippen MR) is 145 cm³/mol. The molecule has 0 aliphatic heterocycles. The molecule has 0 amide bonds. The molecule has 0 saturated heterocycles. The zero-order valence-corrected chi connectivity index (χ0v) is 22.1. The Morgan fingerprint density at radius 2 is 1.86 bits per heavy atom. The Morgan fingerprint density at radius 1 is 1.09 bits per heavy atom. The number of aromatic nitrogens is 1. The highest BCUT2D eigenvalue weighted by Gasteiger charge is 2.21. The summed E-state index contributed by atoms with van der Waals surface area (Å²) in [5.74, 6) is 1.83. The zero-order valence-electron chi connectivity index (χ0n) is 21.4. The lowest BCUT2D eigenvalue weighted by Crippen LogP contribution is -2.13. The lowest BCUT2D eigenvalue weighted by Gasteiger charge is -2.18. The van der Waals surface area contributed by atoms with Gasteiger partial charge in [0.25, 0.3) is 0 Å². The van der Waals surface area contributed by atoms with Crippen molar-refractivity contribution in [1.29, 1.82) is 0 Å². The van der Waals surface area contributed by atoms with Gasteiger partial charge in [0.15, 0.2) is 5.78 Å². The van der Waals surface area contributed by atoms with Gasteiger partial charge >= 0.3 is 0 Å². The van der Waals surface area contributed by atoms with Crippen molar-refractivity contribution < 1.29 is 14.3 Å². The standard InChI is InChI=1S/C30H34ClNO3/c1-7-9-25(34-5)16-15-23-13-14-24(18-20(2)3)32(23)28-17-12-22(31)19-27(28)30(33)26-10-8-11-29(35-6)21(26)4/h8-17,19-20H,7,18H2,1-6H3/b16-15+,25-9+. The van der Waals surface area contributed by atoms with E-state index in [2.05, 4.69) is 37.5 Å². The van der Waals surface area contributed by atoms with Gasteiger partial charge < -0.3 is 14.0 Å². The number of carbonyl (C=O) groups is 1. The molecule has 0 aliphatic rings. The average Bonchev–Trinajstić information content (AvgIpc) is 3.22. The van der Waals surface area contributed by atoms with Crippen LogP contribution in [0.4, 0.5) is 0 Å². The normalized spacial score (nSPS) is 11.9. The number of ketones is 1. The number of hydrogen-bond acceptors (Lipinski definition) is 3. The second-order valence-corrected chi connectivity index (χ2v) is 9.29. The van der Waals surface area contributed by atoms with Gasteiger partial charge in [0.05, 0.1) is 19.9 Å². The van der Waals surface area contributed by atoms with Crippen LogP contribution in [0.5, 0.6) is 5.75 Å². The maximum Gasteiger partial charge on any atom is 0.195 e. The smallest absolute Gasteiger partial charge is 0.195 e. The Bertz CT molecular complexity index is 1250. The number of allylic oxidation sites excluding steroid dienone is 2. The monoisotopic (exact) mass is 491 g/mol. The van der Waals surface area contributed by atoms with Gasteiger partial charge in [0.2, 0.25) is 0 Å². The van der Waals surface area contributed by atoms with Crippen LogP contribution in [-0.2, 0) is 11.2 Å². The Morgan fingerprint density at radius 3 is 2.51 bits per heavy atom. The highest BCUT2D eigenvalue weighted by atomic mass is 35.5. The van der Waals surface area contributed by atoms with E-state index in [-0.39, 0.29) is 5.78 Å². The van der Waals surface area contributed by atoms with Gasteiger partial charge in [-0.25, -0.2) is 0 Å². The summed E-state index contributed by atoms with van der Waals surface area (Å²) in [7, 11) is 3.28. The third-order valence-electron chi connectivity index (χ3n) is 5.86. The lowest BCUT2D eigenvalue weighted by atomic mass is 9.97. The van der Waals surface area contributed by atoms with Crippen LogP contribution in [0.1, 0.15) is 60.1 Å². The first-order valence-corrected chi connectivity index (χ1v) is 12.3. The summed E-state index contributed by atoms with van der Waals surface area (Å²) in [4.78, 5) is 13.9. The van der Waals surface area contributed by atoms with Crippen LogP contribution < -0.4 is 4.74 Å². The van der Waals surface area contributed by atoms with Crippen LogP contribution in [0.2, 0.25) is 5.02 Å². The van der Waals surface area contributed by atoms with Crippen molar-refractivity contribution in [2.24, 2.45) is 5.92 Å². The number of carbonyl (C=O) groups excluding carboxylic acids is 1. The quantitative estimate of drug-likeness (QED) is 0.165. The van der Waals surface area contributed by atoms with Gasteiger partial charge in [-0.2, -0.15) is 0 Å². The molecule has 0 atom stereocenters. The highest BCUT2D eigenvalue weighted by Crippen LogP contribution is 2.30. The number of benzene rings is 2. The minimum Gasteiger partial charge on any atom is -0.497 e. The highest BCUT2D eigenvalue weighted by molar-refractivity contribution is 6.31. The molecule has 0 N–H and O–H groups in total. The fraction of sp³-hybridized carbons (Fsp3) is 0.300. The van der Waals surface area contributed by atoms with Crippen LogP contribution in [0.25, 0.3) is 11.8 Å². The third-order valence-corrected chi connectivity index (χ3v) is 6.10. The Balaban J connectivity index is 2.22. The molecule has 3 aromatic rings. The number of nitrogens with zero attached hydrogens (tertiary/aromatic N) is 1. The molecule has 5 heteroatoms. The van der Waals surface area contributed by atoms with Gasteiger partial charge in [0, 0.05) is 33.1 Å².